The van der Waals surface area contributed by atoms with Gasteiger partial charge in [0, 0.05) is 27.9 Å². The fourth-order valence-corrected chi connectivity index (χ4v) is 5.17. The van der Waals surface area contributed by atoms with Crippen molar-refractivity contribution in [3.05, 3.63) is 79.5 Å². The van der Waals surface area contributed by atoms with Gasteiger partial charge in [0.05, 0.1) is 11.1 Å². The highest BCUT2D eigenvalue weighted by atomic mass is 35.5. The third kappa shape index (κ3) is 5.15. The highest BCUT2D eigenvalue weighted by Crippen LogP contribution is 2.38. The maximum atomic E-state index is 13.2. The van der Waals surface area contributed by atoms with Crippen LogP contribution in [0.3, 0.4) is 0 Å². The van der Waals surface area contributed by atoms with Gasteiger partial charge in [-0.2, -0.15) is 0 Å². The van der Waals surface area contributed by atoms with E-state index in [9.17, 15) is 19.2 Å². The average molecular weight is 485 g/mol. The summed E-state index contributed by atoms with van der Waals surface area (Å²) in [4.78, 5) is 50.5. The Morgan fingerprint density at radius 1 is 1.03 bits per heavy atom. The van der Waals surface area contributed by atoms with E-state index in [1.807, 2.05) is 0 Å². The molecule has 8 nitrogen and oxygen atoms in total. The smallest absolute Gasteiger partial charge is 0.258 e. The first-order valence-corrected chi connectivity index (χ1v) is 11.5. The van der Waals surface area contributed by atoms with Gasteiger partial charge in [-0.05, 0) is 61.6 Å². The molecule has 2 heterocycles. The summed E-state index contributed by atoms with van der Waals surface area (Å²) in [5.74, 6) is -1.51. The number of carbonyl (C=O) groups is 3. The Kier molecular flexibility index (Phi) is 6.62. The van der Waals surface area contributed by atoms with E-state index in [2.05, 4.69) is 10.6 Å². The monoisotopic (exact) mass is 484 g/mol. The molecule has 4 rings (SSSR count). The minimum Gasteiger partial charge on any atom is -0.366 e. The fraction of sp³-hybridized carbons (Fsp3) is 0.217. The van der Waals surface area contributed by atoms with Gasteiger partial charge >= 0.3 is 0 Å². The Labute approximate surface area is 198 Å². The molecule has 0 spiro atoms. The first kappa shape index (κ1) is 22.8. The van der Waals surface area contributed by atoms with Crippen molar-refractivity contribution in [2.75, 3.05) is 10.6 Å². The van der Waals surface area contributed by atoms with E-state index in [-0.39, 0.29) is 18.0 Å². The highest BCUT2D eigenvalue weighted by Gasteiger charge is 2.26. The number of pyridine rings is 1. The number of anilines is 2. The largest absolute Gasteiger partial charge is 0.366 e. The Morgan fingerprint density at radius 2 is 1.76 bits per heavy atom. The zero-order valence-electron chi connectivity index (χ0n) is 17.5. The molecule has 0 unspecified atom stereocenters. The molecule has 1 aliphatic rings. The van der Waals surface area contributed by atoms with Crippen LogP contribution in [0.15, 0.2) is 47.4 Å². The molecule has 0 aliphatic heterocycles. The molecule has 0 bridgehead atoms. The van der Waals surface area contributed by atoms with E-state index in [0.29, 0.717) is 21.3 Å². The number of halogens is 1. The topological polar surface area (TPSA) is 123 Å². The van der Waals surface area contributed by atoms with Crippen LogP contribution in [0.25, 0.3) is 0 Å². The summed E-state index contributed by atoms with van der Waals surface area (Å²) in [6.45, 7) is -0.319. The van der Waals surface area contributed by atoms with Crippen LogP contribution in [0.4, 0.5) is 10.7 Å². The number of rotatable bonds is 6. The minimum absolute atomic E-state index is 0.122. The minimum atomic E-state index is -0.698. The number of nitrogens with zero attached hydrogens (tertiary/aromatic N) is 1. The lowest BCUT2D eigenvalue weighted by molar-refractivity contribution is -0.116. The number of thiophene rings is 1. The average Bonchev–Trinajstić information content (AvgIpc) is 3.14. The fourth-order valence-electron chi connectivity index (χ4n) is 3.74. The number of aryl methyl sites for hydroxylation is 1. The summed E-state index contributed by atoms with van der Waals surface area (Å²) in [6.07, 6.45) is 4.84. The number of hydrogen-bond donors (Lipinski definition) is 3. The standard InChI is InChI=1S/C23H21ClN4O4S/c24-14-6-8-15(9-7-14)26-22(32)20-16-3-1-2-4-17(16)33-23(20)27-18(29)12-28-11-13(21(25)31)5-10-19(28)30/h5-11H,1-4,12H2,(H2,25,31)(H,26,32)(H,27,29). The quantitative estimate of drug-likeness (QED) is 0.495. The van der Waals surface area contributed by atoms with Crippen molar-refractivity contribution in [1.29, 1.82) is 0 Å². The van der Waals surface area contributed by atoms with Gasteiger partial charge in [0.15, 0.2) is 0 Å². The van der Waals surface area contributed by atoms with Crippen LogP contribution in [0.1, 0.15) is 44.0 Å². The van der Waals surface area contributed by atoms with Gasteiger partial charge in [0.2, 0.25) is 11.8 Å². The molecular formula is C23H21ClN4O4S. The van der Waals surface area contributed by atoms with Crippen LogP contribution in [0, 0.1) is 0 Å². The zero-order chi connectivity index (χ0) is 23.5. The number of primary amides is 1. The summed E-state index contributed by atoms with van der Waals surface area (Å²) >= 11 is 7.30. The van der Waals surface area contributed by atoms with Crippen LogP contribution in [0.2, 0.25) is 5.02 Å². The number of nitrogens with two attached hydrogens (primary N) is 1. The van der Waals surface area contributed by atoms with Crippen LogP contribution in [-0.2, 0) is 24.2 Å². The van der Waals surface area contributed by atoms with E-state index in [0.717, 1.165) is 40.7 Å². The third-order valence-electron chi connectivity index (χ3n) is 5.34. The normalized spacial score (nSPS) is 12.6. The number of benzene rings is 1. The molecule has 2 aromatic heterocycles. The van der Waals surface area contributed by atoms with Crippen molar-refractivity contribution in [2.45, 2.75) is 32.2 Å². The third-order valence-corrected chi connectivity index (χ3v) is 6.79. The molecule has 1 aromatic carbocycles. The second kappa shape index (κ2) is 9.60. The molecule has 0 atom stereocenters. The van der Waals surface area contributed by atoms with Gasteiger partial charge in [-0.25, -0.2) is 0 Å². The Morgan fingerprint density at radius 3 is 2.48 bits per heavy atom. The molecular weight excluding hydrogens is 464 g/mol. The van der Waals surface area contributed by atoms with Crippen LogP contribution < -0.4 is 21.9 Å². The van der Waals surface area contributed by atoms with Crippen molar-refractivity contribution in [3.63, 3.8) is 0 Å². The Hall–Kier alpha value is -3.43. The molecule has 10 heteroatoms. The first-order chi connectivity index (χ1) is 15.8. The molecule has 33 heavy (non-hydrogen) atoms. The molecule has 3 amide bonds. The van der Waals surface area contributed by atoms with Crippen molar-refractivity contribution < 1.29 is 14.4 Å². The Balaban J connectivity index is 1.59. The van der Waals surface area contributed by atoms with Crippen molar-refractivity contribution >= 4 is 51.3 Å². The number of carbonyl (C=O) groups excluding carboxylic acids is 3. The van der Waals surface area contributed by atoms with E-state index < -0.39 is 17.4 Å². The second-order valence-electron chi connectivity index (χ2n) is 7.67. The van der Waals surface area contributed by atoms with Gasteiger partial charge in [0.25, 0.3) is 11.5 Å². The predicted octanol–water partition coefficient (Wildman–Crippen LogP) is 3.43. The lowest BCUT2D eigenvalue weighted by Gasteiger charge is -2.13. The van der Waals surface area contributed by atoms with Crippen LogP contribution in [0.5, 0.6) is 0 Å². The number of fused-ring (bicyclic) bond motifs is 1. The molecule has 0 saturated heterocycles. The maximum Gasteiger partial charge on any atom is 0.258 e. The van der Waals surface area contributed by atoms with Gasteiger partial charge in [-0.15, -0.1) is 11.3 Å². The molecule has 4 N–H and O–H groups in total. The molecule has 0 radical (unpaired) electrons. The summed E-state index contributed by atoms with van der Waals surface area (Å²) in [5.41, 5.74) is 6.92. The molecule has 3 aromatic rings. The lowest BCUT2D eigenvalue weighted by atomic mass is 9.95. The van der Waals surface area contributed by atoms with Crippen molar-refractivity contribution in [3.8, 4) is 0 Å². The number of amides is 3. The summed E-state index contributed by atoms with van der Waals surface area (Å²) in [5, 5.41) is 6.66. The van der Waals surface area contributed by atoms with E-state index in [1.54, 1.807) is 24.3 Å². The molecule has 170 valence electrons. The van der Waals surface area contributed by atoms with Gasteiger partial charge in [0.1, 0.15) is 11.5 Å². The molecule has 0 fully saturated rings. The van der Waals surface area contributed by atoms with Crippen LogP contribution in [-0.4, -0.2) is 22.3 Å². The highest BCUT2D eigenvalue weighted by molar-refractivity contribution is 7.17. The van der Waals surface area contributed by atoms with Crippen LogP contribution >= 0.6 is 22.9 Å². The van der Waals surface area contributed by atoms with Crippen molar-refractivity contribution in [1.82, 2.24) is 4.57 Å². The second-order valence-corrected chi connectivity index (χ2v) is 9.21. The van der Waals surface area contributed by atoms with E-state index in [1.165, 1.54) is 29.7 Å². The van der Waals surface area contributed by atoms with Gasteiger partial charge in [-0.1, -0.05) is 11.6 Å². The summed E-state index contributed by atoms with van der Waals surface area (Å²) < 4.78 is 1.11. The Bertz CT molecular complexity index is 1300. The van der Waals surface area contributed by atoms with Gasteiger partial charge in [-0.3, -0.25) is 19.2 Å². The number of aromatic nitrogens is 1. The zero-order valence-corrected chi connectivity index (χ0v) is 19.1. The molecule has 1 aliphatic carbocycles. The summed E-state index contributed by atoms with van der Waals surface area (Å²) in [7, 11) is 0. The maximum absolute atomic E-state index is 13.2. The van der Waals surface area contributed by atoms with Crippen molar-refractivity contribution in [2.24, 2.45) is 5.73 Å². The SMILES string of the molecule is NC(=O)c1ccc(=O)n(CC(=O)Nc2sc3c(c2C(=O)Nc2ccc(Cl)cc2)CCCC3)c1. The number of hydrogen-bond acceptors (Lipinski definition) is 5. The van der Waals surface area contributed by atoms with Gasteiger partial charge < -0.3 is 20.9 Å². The van der Waals surface area contributed by atoms with E-state index in [4.69, 9.17) is 17.3 Å². The number of nitrogens with one attached hydrogen (secondary N) is 2. The predicted molar refractivity (Wildman–Crippen MR) is 128 cm³/mol. The first-order valence-electron chi connectivity index (χ1n) is 10.3. The summed E-state index contributed by atoms with van der Waals surface area (Å²) in [6, 6.07) is 9.26. The van der Waals surface area contributed by atoms with E-state index >= 15 is 0 Å². The lowest BCUT2D eigenvalue weighted by Crippen LogP contribution is -2.28. The molecule has 0 saturated carbocycles.